The quantitative estimate of drug-likeness (QED) is 0.351. The SMILES string of the molecule is [Li][CH](S)CC. The molecule has 0 aliphatic carbocycles. The van der Waals surface area contributed by atoms with Crippen LogP contribution in [0.5, 0.6) is 0 Å². The predicted octanol–water partition coefficient (Wildman–Crippen LogP) is 0.821. The Morgan fingerprint density at radius 3 is 2.20 bits per heavy atom. The van der Waals surface area contributed by atoms with Gasteiger partial charge in [0.25, 0.3) is 0 Å². The maximum atomic E-state index is 4.10. The van der Waals surface area contributed by atoms with Gasteiger partial charge in [0.2, 0.25) is 0 Å². The summed E-state index contributed by atoms with van der Waals surface area (Å²) in [4.78, 5) is 0. The molecule has 0 fully saturated rings. The molecule has 0 amide bonds. The van der Waals surface area contributed by atoms with Crippen molar-refractivity contribution in [3.8, 4) is 0 Å². The fourth-order valence-corrected chi connectivity index (χ4v) is 0. The molecular weight excluding hydrogens is 75.0 g/mol. The molecule has 2 heteroatoms. The first kappa shape index (κ1) is 5.95. The Morgan fingerprint density at radius 2 is 2.20 bits per heavy atom. The molecule has 1 atom stereocenters. The van der Waals surface area contributed by atoms with E-state index in [0.29, 0.717) is 3.92 Å². The van der Waals surface area contributed by atoms with Gasteiger partial charge in [-0.25, -0.2) is 0 Å². The molecule has 0 spiro atoms. The third kappa shape index (κ3) is 4.95. The molecule has 0 heterocycles. The zero-order valence-corrected chi connectivity index (χ0v) is 4.63. The van der Waals surface area contributed by atoms with Crippen molar-refractivity contribution in [1.82, 2.24) is 0 Å². The molecular formula is C3H7LiS. The Hall–Kier alpha value is 0.947. The Morgan fingerprint density at radius 1 is 2.00 bits per heavy atom. The standard InChI is InChI=1S/C3H7S.Li/c1-2-3-4;/h3-4H,2H2,1H3;. The number of thiol groups is 1. The van der Waals surface area contributed by atoms with Crippen molar-refractivity contribution < 1.29 is 0 Å². The van der Waals surface area contributed by atoms with Crippen LogP contribution in [0.2, 0.25) is 0 Å². The Labute approximate surface area is 47.9 Å². The fraction of sp³-hybridized carbons (Fsp3) is 1.00. The average molecular weight is 82.1 g/mol. The summed E-state index contributed by atoms with van der Waals surface area (Å²) in [5.74, 6) is 0. The minimum absolute atomic E-state index is 0.579. The van der Waals surface area contributed by atoms with Crippen LogP contribution in [0.15, 0.2) is 0 Å². The van der Waals surface area contributed by atoms with Gasteiger partial charge in [-0.05, 0) is 0 Å². The van der Waals surface area contributed by atoms with Crippen LogP contribution in [0.3, 0.4) is 0 Å². The summed E-state index contributed by atoms with van der Waals surface area (Å²) in [5.41, 5.74) is 0. The summed E-state index contributed by atoms with van der Waals surface area (Å²) < 4.78 is 0.579. The molecule has 5 heavy (non-hydrogen) atoms. The zero-order chi connectivity index (χ0) is 4.28. The van der Waals surface area contributed by atoms with Crippen molar-refractivity contribution in [2.75, 3.05) is 0 Å². The number of rotatable bonds is 1. The van der Waals surface area contributed by atoms with Crippen LogP contribution in [0.4, 0.5) is 0 Å². The molecule has 1 unspecified atom stereocenters. The van der Waals surface area contributed by atoms with E-state index in [2.05, 4.69) is 37.3 Å². The average Bonchev–Trinajstić information content (AvgIpc) is 1.38. The second-order valence-corrected chi connectivity index (χ2v) is 2.14. The van der Waals surface area contributed by atoms with E-state index in [4.69, 9.17) is 0 Å². The third-order valence-corrected chi connectivity index (χ3v) is 0.956. The summed E-state index contributed by atoms with van der Waals surface area (Å²) in [6, 6.07) is 0. The molecule has 26 valence electrons. The first-order valence-corrected chi connectivity index (χ1v) is 2.47. The van der Waals surface area contributed by atoms with Crippen molar-refractivity contribution in [2.45, 2.75) is 17.3 Å². The van der Waals surface area contributed by atoms with Gasteiger partial charge in [-0.15, -0.1) is 0 Å². The second kappa shape index (κ2) is 3.15. The van der Waals surface area contributed by atoms with E-state index >= 15 is 0 Å². The minimum atomic E-state index is 0.579. The van der Waals surface area contributed by atoms with Gasteiger partial charge >= 0.3 is 47.6 Å². The summed E-state index contributed by atoms with van der Waals surface area (Å²) in [6.07, 6.45) is 1.17. The molecule has 0 rings (SSSR count). The second-order valence-electron chi connectivity index (χ2n) is 1.26. The van der Waals surface area contributed by atoms with Gasteiger partial charge in [0, 0.05) is 0 Å². The normalized spacial score (nSPS) is 15.2. The first-order valence-electron chi connectivity index (χ1n) is 1.95. The summed E-state index contributed by atoms with van der Waals surface area (Å²) in [5, 5.41) is 0. The number of hydrogen-bond acceptors (Lipinski definition) is 1. The van der Waals surface area contributed by atoms with Crippen LogP contribution in [-0.4, -0.2) is 21.6 Å². The van der Waals surface area contributed by atoms with Crippen LogP contribution >= 0.6 is 12.6 Å². The Balaban J connectivity index is 2.54. The molecule has 0 aliphatic heterocycles. The van der Waals surface area contributed by atoms with E-state index in [1.54, 1.807) is 0 Å². The van der Waals surface area contributed by atoms with Gasteiger partial charge in [-0.1, -0.05) is 0 Å². The summed E-state index contributed by atoms with van der Waals surface area (Å²) in [6.45, 7) is 2.12. The molecule has 0 saturated carbocycles. The van der Waals surface area contributed by atoms with Gasteiger partial charge in [0.15, 0.2) is 0 Å². The molecule has 0 bridgehead atoms. The fourth-order valence-electron chi connectivity index (χ4n) is 0. The van der Waals surface area contributed by atoms with Crippen LogP contribution in [0.25, 0.3) is 0 Å². The molecule has 0 aromatic rings. The van der Waals surface area contributed by atoms with E-state index in [1.165, 1.54) is 6.42 Å². The Bertz CT molecular complexity index is 20.9. The van der Waals surface area contributed by atoms with Crippen molar-refractivity contribution in [3.63, 3.8) is 0 Å². The van der Waals surface area contributed by atoms with Crippen LogP contribution in [0, 0.1) is 0 Å². The molecule has 0 nitrogen and oxygen atoms in total. The summed E-state index contributed by atoms with van der Waals surface area (Å²) in [7, 11) is 0. The van der Waals surface area contributed by atoms with Gasteiger partial charge < -0.3 is 0 Å². The van der Waals surface area contributed by atoms with Gasteiger partial charge in [-0.3, -0.25) is 0 Å². The van der Waals surface area contributed by atoms with Gasteiger partial charge in [0.1, 0.15) is 0 Å². The molecule has 0 radical (unpaired) electrons. The first-order chi connectivity index (χ1) is 2.27. The Kier molecular flexibility index (Phi) is 3.75. The van der Waals surface area contributed by atoms with Crippen LogP contribution in [0.1, 0.15) is 13.3 Å². The molecule has 0 aromatic carbocycles. The van der Waals surface area contributed by atoms with E-state index in [-0.39, 0.29) is 0 Å². The third-order valence-electron chi connectivity index (χ3n) is 0.591. The molecule has 0 N–H and O–H groups in total. The molecule has 0 aromatic heterocycles. The zero-order valence-electron chi connectivity index (χ0n) is 3.73. The van der Waals surface area contributed by atoms with Gasteiger partial charge in [0.05, 0.1) is 0 Å². The monoisotopic (exact) mass is 82.0 g/mol. The van der Waals surface area contributed by atoms with Crippen molar-refractivity contribution in [3.05, 3.63) is 0 Å². The van der Waals surface area contributed by atoms with Crippen LogP contribution < -0.4 is 0 Å². The summed E-state index contributed by atoms with van der Waals surface area (Å²) >= 11 is 6.18. The van der Waals surface area contributed by atoms with Crippen molar-refractivity contribution in [1.29, 1.82) is 0 Å². The topological polar surface area (TPSA) is 0 Å². The van der Waals surface area contributed by atoms with Crippen molar-refractivity contribution in [2.24, 2.45) is 0 Å². The van der Waals surface area contributed by atoms with Crippen molar-refractivity contribution >= 4 is 30.3 Å². The van der Waals surface area contributed by atoms with Crippen LogP contribution in [-0.2, 0) is 0 Å². The van der Waals surface area contributed by atoms with Gasteiger partial charge in [-0.2, -0.15) is 0 Å². The van der Waals surface area contributed by atoms with E-state index < -0.39 is 0 Å². The number of hydrogen-bond donors (Lipinski definition) is 1. The molecule has 0 saturated heterocycles. The van der Waals surface area contributed by atoms with E-state index in [1.807, 2.05) is 0 Å². The maximum absolute atomic E-state index is 4.10. The van der Waals surface area contributed by atoms with E-state index in [9.17, 15) is 0 Å². The molecule has 0 aliphatic rings. The predicted molar refractivity (Wildman–Crippen MR) is 28.8 cm³/mol. The van der Waals surface area contributed by atoms with E-state index in [0.717, 1.165) is 0 Å².